The molecule has 1 aliphatic carbocycles. The number of methoxy groups -OCH3 is 1. The summed E-state index contributed by atoms with van der Waals surface area (Å²) in [6, 6.07) is 0. The summed E-state index contributed by atoms with van der Waals surface area (Å²) in [5, 5.41) is 9.40. The smallest absolute Gasteiger partial charge is 0.0621 e. The molecule has 0 aromatic heterocycles. The van der Waals surface area contributed by atoms with E-state index in [1.165, 1.54) is 0 Å². The van der Waals surface area contributed by atoms with Crippen LogP contribution in [-0.4, -0.2) is 24.4 Å². The molecule has 0 radical (unpaired) electrons. The maximum absolute atomic E-state index is 9.40. The average Bonchev–Trinajstić information content (AvgIpc) is 1.95. The molecule has 0 spiro atoms. The largest absolute Gasteiger partial charge is 0.393 e. The Bertz CT molecular complexity index is 103. The van der Waals surface area contributed by atoms with Crippen molar-refractivity contribution < 1.29 is 9.84 Å². The minimum Gasteiger partial charge on any atom is -0.393 e. The predicted octanol–water partition coefficient (Wildman–Crippen LogP) is 1.18. The van der Waals surface area contributed by atoms with Gasteiger partial charge in [-0.15, -0.1) is 0 Å². The minimum absolute atomic E-state index is 0.140. The molecule has 1 N–H and O–H groups in total. The molecule has 2 heteroatoms. The van der Waals surface area contributed by atoms with Crippen molar-refractivity contribution in [1.29, 1.82) is 0 Å². The van der Waals surface area contributed by atoms with Crippen molar-refractivity contribution >= 4 is 0 Å². The average molecular weight is 144 g/mol. The molecule has 3 atom stereocenters. The molecule has 60 valence electrons. The Hall–Kier alpha value is -0.0800. The maximum atomic E-state index is 9.40. The van der Waals surface area contributed by atoms with E-state index in [1.54, 1.807) is 7.11 Å². The van der Waals surface area contributed by atoms with Crippen LogP contribution < -0.4 is 0 Å². The van der Waals surface area contributed by atoms with E-state index in [9.17, 15) is 5.11 Å². The normalized spacial score (nSPS) is 41.7. The Kier molecular flexibility index (Phi) is 2.69. The molecule has 1 fully saturated rings. The summed E-state index contributed by atoms with van der Waals surface area (Å²) in [6.45, 7) is 2.05. The lowest BCUT2D eigenvalue weighted by atomic mass is 9.85. The third-order valence-electron chi connectivity index (χ3n) is 2.48. The molecule has 0 bridgehead atoms. The van der Waals surface area contributed by atoms with Crippen LogP contribution in [0.3, 0.4) is 0 Å². The highest BCUT2D eigenvalue weighted by atomic mass is 16.5. The number of ether oxygens (including phenoxy) is 1. The maximum Gasteiger partial charge on any atom is 0.0621 e. The number of aliphatic hydroxyl groups excluding tert-OH is 1. The van der Waals surface area contributed by atoms with Crippen LogP contribution in [-0.2, 0) is 4.74 Å². The molecule has 0 saturated heterocycles. The minimum atomic E-state index is -0.140. The van der Waals surface area contributed by atoms with Gasteiger partial charge in [0.05, 0.1) is 12.2 Å². The van der Waals surface area contributed by atoms with E-state index >= 15 is 0 Å². The van der Waals surface area contributed by atoms with Gasteiger partial charge >= 0.3 is 0 Å². The Balaban J connectivity index is 2.42. The van der Waals surface area contributed by atoms with E-state index in [0.717, 1.165) is 19.3 Å². The summed E-state index contributed by atoms with van der Waals surface area (Å²) >= 11 is 0. The van der Waals surface area contributed by atoms with Crippen molar-refractivity contribution in [1.82, 2.24) is 0 Å². The van der Waals surface area contributed by atoms with Crippen LogP contribution in [0.1, 0.15) is 26.2 Å². The highest BCUT2D eigenvalue weighted by Gasteiger charge is 2.27. The SMILES string of the molecule is CO[C@H]1CCC[C@@H](O)[C@H]1C. The fourth-order valence-corrected chi connectivity index (χ4v) is 1.63. The summed E-state index contributed by atoms with van der Waals surface area (Å²) in [5.41, 5.74) is 0. The van der Waals surface area contributed by atoms with E-state index in [-0.39, 0.29) is 12.2 Å². The Morgan fingerprint density at radius 2 is 2.10 bits per heavy atom. The second-order valence-electron chi connectivity index (χ2n) is 3.13. The Morgan fingerprint density at radius 3 is 2.60 bits per heavy atom. The van der Waals surface area contributed by atoms with Crippen molar-refractivity contribution in [3.8, 4) is 0 Å². The number of rotatable bonds is 1. The fraction of sp³-hybridized carbons (Fsp3) is 1.00. The first-order chi connectivity index (χ1) is 4.75. The van der Waals surface area contributed by atoms with Crippen LogP contribution in [0.4, 0.5) is 0 Å². The molecule has 0 aliphatic heterocycles. The number of hydrogen-bond acceptors (Lipinski definition) is 2. The van der Waals surface area contributed by atoms with Crippen molar-refractivity contribution in [3.05, 3.63) is 0 Å². The summed E-state index contributed by atoms with van der Waals surface area (Å²) < 4.78 is 5.21. The zero-order valence-electron chi connectivity index (χ0n) is 6.71. The highest BCUT2D eigenvalue weighted by Crippen LogP contribution is 2.25. The van der Waals surface area contributed by atoms with Gasteiger partial charge in [0.1, 0.15) is 0 Å². The van der Waals surface area contributed by atoms with Crippen molar-refractivity contribution in [2.45, 2.75) is 38.4 Å². The molecule has 1 saturated carbocycles. The molecule has 1 rings (SSSR count). The van der Waals surface area contributed by atoms with Gasteiger partial charge < -0.3 is 9.84 Å². The molecule has 0 heterocycles. The predicted molar refractivity (Wildman–Crippen MR) is 39.8 cm³/mol. The molecular weight excluding hydrogens is 128 g/mol. The van der Waals surface area contributed by atoms with Gasteiger partial charge in [-0.1, -0.05) is 6.92 Å². The Labute approximate surface area is 62.2 Å². The van der Waals surface area contributed by atoms with Crippen LogP contribution in [0.15, 0.2) is 0 Å². The van der Waals surface area contributed by atoms with Crippen LogP contribution in [0.25, 0.3) is 0 Å². The van der Waals surface area contributed by atoms with Gasteiger partial charge in [0.2, 0.25) is 0 Å². The lowest BCUT2D eigenvalue weighted by Gasteiger charge is -2.31. The molecule has 1 aliphatic rings. The van der Waals surface area contributed by atoms with E-state index in [2.05, 4.69) is 6.92 Å². The molecule has 10 heavy (non-hydrogen) atoms. The molecule has 0 unspecified atom stereocenters. The highest BCUT2D eigenvalue weighted by molar-refractivity contribution is 4.78. The molecular formula is C8H16O2. The first kappa shape index (κ1) is 8.02. The topological polar surface area (TPSA) is 29.5 Å². The van der Waals surface area contributed by atoms with E-state index in [4.69, 9.17) is 4.74 Å². The second-order valence-corrected chi connectivity index (χ2v) is 3.13. The second kappa shape index (κ2) is 3.35. The standard InChI is InChI=1S/C8H16O2/c1-6-7(9)4-3-5-8(6)10-2/h6-9H,3-5H2,1-2H3/t6-,7-,8+/m1/s1. The lowest BCUT2D eigenvalue weighted by molar-refractivity contribution is -0.0376. The Morgan fingerprint density at radius 1 is 1.40 bits per heavy atom. The van der Waals surface area contributed by atoms with E-state index in [0.29, 0.717) is 5.92 Å². The first-order valence-electron chi connectivity index (χ1n) is 3.96. The van der Waals surface area contributed by atoms with Gasteiger partial charge in [0, 0.05) is 13.0 Å². The first-order valence-corrected chi connectivity index (χ1v) is 3.96. The van der Waals surface area contributed by atoms with Gasteiger partial charge in [0.25, 0.3) is 0 Å². The van der Waals surface area contributed by atoms with Crippen LogP contribution in [0.2, 0.25) is 0 Å². The number of aliphatic hydroxyl groups is 1. The van der Waals surface area contributed by atoms with Crippen molar-refractivity contribution in [3.63, 3.8) is 0 Å². The quantitative estimate of drug-likeness (QED) is 0.599. The lowest BCUT2D eigenvalue weighted by Crippen LogP contribution is -2.34. The fourth-order valence-electron chi connectivity index (χ4n) is 1.63. The monoisotopic (exact) mass is 144 g/mol. The zero-order chi connectivity index (χ0) is 7.56. The third kappa shape index (κ3) is 1.50. The van der Waals surface area contributed by atoms with Gasteiger partial charge in [-0.05, 0) is 19.3 Å². The zero-order valence-corrected chi connectivity index (χ0v) is 6.71. The van der Waals surface area contributed by atoms with Crippen molar-refractivity contribution in [2.24, 2.45) is 5.92 Å². The molecule has 2 nitrogen and oxygen atoms in total. The van der Waals surface area contributed by atoms with Crippen LogP contribution in [0, 0.1) is 5.92 Å². The van der Waals surface area contributed by atoms with Crippen molar-refractivity contribution in [2.75, 3.05) is 7.11 Å². The van der Waals surface area contributed by atoms with Gasteiger partial charge in [-0.25, -0.2) is 0 Å². The summed E-state index contributed by atoms with van der Waals surface area (Å²) in [6.07, 6.45) is 3.29. The van der Waals surface area contributed by atoms with Crippen LogP contribution >= 0.6 is 0 Å². The third-order valence-corrected chi connectivity index (χ3v) is 2.48. The van der Waals surface area contributed by atoms with Gasteiger partial charge in [-0.3, -0.25) is 0 Å². The van der Waals surface area contributed by atoms with Gasteiger partial charge in [0.15, 0.2) is 0 Å². The van der Waals surface area contributed by atoms with E-state index < -0.39 is 0 Å². The number of hydrogen-bond donors (Lipinski definition) is 1. The summed E-state index contributed by atoms with van der Waals surface area (Å²) in [7, 11) is 1.72. The van der Waals surface area contributed by atoms with Crippen LogP contribution in [0.5, 0.6) is 0 Å². The molecule has 0 aromatic carbocycles. The van der Waals surface area contributed by atoms with E-state index in [1.807, 2.05) is 0 Å². The molecule has 0 amide bonds. The molecule has 0 aromatic rings. The summed E-state index contributed by atoms with van der Waals surface area (Å²) in [5.74, 6) is 0.318. The van der Waals surface area contributed by atoms with Gasteiger partial charge in [-0.2, -0.15) is 0 Å². The summed E-state index contributed by atoms with van der Waals surface area (Å²) in [4.78, 5) is 0.